The lowest BCUT2D eigenvalue weighted by Gasteiger charge is -2.30. The molecule has 0 heterocycles. The molecule has 0 aliphatic heterocycles. The van der Waals surface area contributed by atoms with Crippen molar-refractivity contribution in [3.05, 3.63) is 65.7 Å². The predicted octanol–water partition coefficient (Wildman–Crippen LogP) is 3.38. The number of hydrogen-bond donors (Lipinski definition) is 1. The average Bonchev–Trinajstić information content (AvgIpc) is 2.67. The van der Waals surface area contributed by atoms with Crippen molar-refractivity contribution >= 4 is 5.91 Å². The molecule has 4 heteroatoms. The van der Waals surface area contributed by atoms with Crippen LogP contribution in [-0.2, 0) is 6.42 Å². The van der Waals surface area contributed by atoms with Crippen molar-refractivity contribution in [2.75, 3.05) is 26.7 Å². The van der Waals surface area contributed by atoms with E-state index in [2.05, 4.69) is 48.3 Å². The number of carbonyl (C=O) groups excluding carboxylic acids is 1. The maximum Gasteiger partial charge on any atom is 0.251 e. The highest BCUT2D eigenvalue weighted by Crippen LogP contribution is 2.12. The Morgan fingerprint density at radius 3 is 2.24 bits per heavy atom. The van der Waals surface area contributed by atoms with Crippen LogP contribution in [0, 0.1) is 0 Å². The third-order valence-electron chi connectivity index (χ3n) is 4.49. The number of ether oxygens (including phenoxy) is 1. The summed E-state index contributed by atoms with van der Waals surface area (Å²) in [6.07, 6.45) is 0.922. The van der Waals surface area contributed by atoms with E-state index in [-0.39, 0.29) is 11.9 Å². The van der Waals surface area contributed by atoms with Gasteiger partial charge >= 0.3 is 0 Å². The topological polar surface area (TPSA) is 41.6 Å². The minimum absolute atomic E-state index is 0.0483. The SMILES string of the molecule is CCN(CC)C(CNC(=O)c1ccc(OC)cc1)Cc1ccccc1. The van der Waals surface area contributed by atoms with Gasteiger partial charge in [0.05, 0.1) is 7.11 Å². The van der Waals surface area contributed by atoms with E-state index < -0.39 is 0 Å². The number of rotatable bonds is 9. The van der Waals surface area contributed by atoms with Crippen molar-refractivity contribution in [2.24, 2.45) is 0 Å². The Bertz CT molecular complexity index is 637. The van der Waals surface area contributed by atoms with Crippen molar-refractivity contribution in [3.63, 3.8) is 0 Å². The van der Waals surface area contributed by atoms with Crippen molar-refractivity contribution < 1.29 is 9.53 Å². The zero-order valence-corrected chi connectivity index (χ0v) is 15.4. The van der Waals surface area contributed by atoms with E-state index in [1.54, 1.807) is 31.4 Å². The van der Waals surface area contributed by atoms with Crippen LogP contribution in [0.2, 0.25) is 0 Å². The summed E-state index contributed by atoms with van der Waals surface area (Å²) in [4.78, 5) is 14.8. The fourth-order valence-corrected chi connectivity index (χ4v) is 3.01. The molecule has 2 aromatic carbocycles. The first kappa shape index (κ1) is 19.0. The molecule has 4 nitrogen and oxygen atoms in total. The molecule has 0 spiro atoms. The number of benzene rings is 2. The molecule has 0 aliphatic rings. The normalized spacial score (nSPS) is 12.0. The molecule has 0 radical (unpaired) electrons. The Balaban J connectivity index is 2.01. The van der Waals surface area contributed by atoms with E-state index in [0.717, 1.165) is 25.3 Å². The van der Waals surface area contributed by atoms with Crippen LogP contribution in [0.4, 0.5) is 0 Å². The van der Waals surface area contributed by atoms with Crippen LogP contribution in [0.15, 0.2) is 54.6 Å². The van der Waals surface area contributed by atoms with Crippen molar-refractivity contribution in [3.8, 4) is 5.75 Å². The number of nitrogens with one attached hydrogen (secondary N) is 1. The van der Waals surface area contributed by atoms with E-state index in [4.69, 9.17) is 4.74 Å². The zero-order chi connectivity index (χ0) is 18.1. The summed E-state index contributed by atoms with van der Waals surface area (Å²) in [6.45, 7) is 6.87. The standard InChI is InChI=1S/C21H28N2O2/c1-4-23(5-2)19(15-17-9-7-6-8-10-17)16-22-21(24)18-11-13-20(25-3)14-12-18/h6-14,19H,4-5,15-16H2,1-3H3,(H,22,24). The van der Waals surface area contributed by atoms with Crippen molar-refractivity contribution in [1.82, 2.24) is 10.2 Å². The second-order valence-electron chi connectivity index (χ2n) is 6.00. The fraction of sp³-hybridized carbons (Fsp3) is 0.381. The third-order valence-corrected chi connectivity index (χ3v) is 4.49. The van der Waals surface area contributed by atoms with Gasteiger partial charge < -0.3 is 10.1 Å². The molecule has 1 atom stereocenters. The summed E-state index contributed by atoms with van der Waals surface area (Å²) in [6, 6.07) is 17.9. The van der Waals surface area contributed by atoms with E-state index in [9.17, 15) is 4.79 Å². The number of nitrogens with zero attached hydrogens (tertiary/aromatic N) is 1. The van der Waals surface area contributed by atoms with Gasteiger partial charge in [-0.3, -0.25) is 9.69 Å². The fourth-order valence-electron chi connectivity index (χ4n) is 3.01. The van der Waals surface area contributed by atoms with Gasteiger partial charge in [0, 0.05) is 18.2 Å². The van der Waals surface area contributed by atoms with Crippen LogP contribution in [-0.4, -0.2) is 43.6 Å². The number of amides is 1. The van der Waals surface area contributed by atoms with Gasteiger partial charge in [-0.2, -0.15) is 0 Å². The summed E-state index contributed by atoms with van der Waals surface area (Å²) in [5.41, 5.74) is 1.94. The van der Waals surface area contributed by atoms with Gasteiger partial charge in [-0.15, -0.1) is 0 Å². The lowest BCUT2D eigenvalue weighted by atomic mass is 10.0. The molecule has 25 heavy (non-hydrogen) atoms. The Hall–Kier alpha value is -2.33. The summed E-state index contributed by atoms with van der Waals surface area (Å²) >= 11 is 0. The van der Waals surface area contributed by atoms with E-state index >= 15 is 0 Å². The predicted molar refractivity (Wildman–Crippen MR) is 102 cm³/mol. The highest BCUT2D eigenvalue weighted by molar-refractivity contribution is 5.94. The Morgan fingerprint density at radius 2 is 1.68 bits per heavy atom. The third kappa shape index (κ3) is 5.61. The Morgan fingerprint density at radius 1 is 1.04 bits per heavy atom. The molecule has 0 fully saturated rings. The summed E-state index contributed by atoms with van der Waals surface area (Å²) < 4.78 is 5.14. The largest absolute Gasteiger partial charge is 0.497 e. The second-order valence-corrected chi connectivity index (χ2v) is 6.00. The molecule has 0 saturated heterocycles. The van der Waals surface area contributed by atoms with Crippen LogP contribution in [0.1, 0.15) is 29.8 Å². The van der Waals surface area contributed by atoms with Crippen LogP contribution in [0.3, 0.4) is 0 Å². The lowest BCUT2D eigenvalue weighted by molar-refractivity contribution is 0.0934. The quantitative estimate of drug-likeness (QED) is 0.761. The van der Waals surface area contributed by atoms with E-state index in [0.29, 0.717) is 12.1 Å². The molecule has 0 saturated carbocycles. The van der Waals surface area contributed by atoms with Crippen LogP contribution in [0.5, 0.6) is 5.75 Å². The van der Waals surface area contributed by atoms with Gasteiger partial charge in [0.25, 0.3) is 5.91 Å². The summed E-state index contributed by atoms with van der Waals surface area (Å²) in [5, 5.41) is 3.08. The molecule has 2 rings (SSSR count). The number of methoxy groups -OCH3 is 1. The maximum atomic E-state index is 12.4. The minimum atomic E-state index is -0.0483. The average molecular weight is 340 g/mol. The van der Waals surface area contributed by atoms with Crippen molar-refractivity contribution in [1.29, 1.82) is 0 Å². The van der Waals surface area contributed by atoms with Gasteiger partial charge in [0.2, 0.25) is 0 Å². The first-order chi connectivity index (χ1) is 12.2. The van der Waals surface area contributed by atoms with Gasteiger partial charge in [-0.25, -0.2) is 0 Å². The number of hydrogen-bond acceptors (Lipinski definition) is 3. The second kappa shape index (κ2) is 9.84. The molecule has 134 valence electrons. The molecule has 1 N–H and O–H groups in total. The van der Waals surface area contributed by atoms with Crippen LogP contribution >= 0.6 is 0 Å². The van der Waals surface area contributed by atoms with Crippen molar-refractivity contribution in [2.45, 2.75) is 26.3 Å². The number of carbonyl (C=O) groups is 1. The van der Waals surface area contributed by atoms with E-state index in [1.807, 2.05) is 6.07 Å². The first-order valence-electron chi connectivity index (χ1n) is 8.88. The smallest absolute Gasteiger partial charge is 0.251 e. The number of likely N-dealkylation sites (N-methyl/N-ethyl adjacent to an activating group) is 1. The molecule has 0 aromatic heterocycles. The first-order valence-corrected chi connectivity index (χ1v) is 8.88. The van der Waals surface area contributed by atoms with Gasteiger partial charge in [0.1, 0.15) is 5.75 Å². The van der Waals surface area contributed by atoms with E-state index in [1.165, 1.54) is 5.56 Å². The monoisotopic (exact) mass is 340 g/mol. The molecule has 0 bridgehead atoms. The highest BCUT2D eigenvalue weighted by Gasteiger charge is 2.17. The van der Waals surface area contributed by atoms with Gasteiger partial charge in [-0.05, 0) is 49.3 Å². The molecular formula is C21H28N2O2. The maximum absolute atomic E-state index is 12.4. The highest BCUT2D eigenvalue weighted by atomic mass is 16.5. The molecular weight excluding hydrogens is 312 g/mol. The van der Waals surface area contributed by atoms with Gasteiger partial charge in [0.15, 0.2) is 0 Å². The van der Waals surface area contributed by atoms with Gasteiger partial charge in [-0.1, -0.05) is 44.2 Å². The summed E-state index contributed by atoms with van der Waals surface area (Å²) in [7, 11) is 1.62. The zero-order valence-electron chi connectivity index (χ0n) is 15.4. The van der Waals surface area contributed by atoms with Crippen LogP contribution < -0.4 is 10.1 Å². The Labute approximate surface area is 150 Å². The molecule has 1 unspecified atom stereocenters. The minimum Gasteiger partial charge on any atom is -0.497 e. The molecule has 0 aliphatic carbocycles. The molecule has 2 aromatic rings. The lowest BCUT2D eigenvalue weighted by Crippen LogP contribution is -2.45. The Kier molecular flexibility index (Phi) is 7.48. The molecule has 1 amide bonds. The van der Waals surface area contributed by atoms with Crippen LogP contribution in [0.25, 0.3) is 0 Å². The summed E-state index contributed by atoms with van der Waals surface area (Å²) in [5.74, 6) is 0.703.